The highest BCUT2D eigenvalue weighted by atomic mass is 19.1. The van der Waals surface area contributed by atoms with Crippen molar-refractivity contribution < 1.29 is 19.2 Å². The Morgan fingerprint density at radius 1 is 1.10 bits per heavy atom. The van der Waals surface area contributed by atoms with Crippen molar-refractivity contribution in [3.05, 3.63) is 59.4 Å². The predicted octanol–water partition coefficient (Wildman–Crippen LogP) is 1.65. The van der Waals surface area contributed by atoms with E-state index in [1.165, 1.54) is 17.7 Å². The molecule has 0 heterocycles. The van der Waals surface area contributed by atoms with Crippen molar-refractivity contribution in [3.63, 3.8) is 0 Å². The quantitative estimate of drug-likeness (QED) is 0.815. The van der Waals surface area contributed by atoms with Crippen molar-refractivity contribution in [3.8, 4) is 5.75 Å². The topological polar surface area (TPSA) is 49.7 Å². The van der Waals surface area contributed by atoms with Crippen molar-refractivity contribution >= 4 is 12.6 Å². The molecule has 0 aromatic heterocycles. The van der Waals surface area contributed by atoms with Crippen molar-refractivity contribution in [1.29, 1.82) is 0 Å². The van der Waals surface area contributed by atoms with E-state index >= 15 is 0 Å². The standard InChI is InChI=1S/C15H16BFO3/c1-2-11-4-3-5-13(8-11)20-10-12-6-7-15(17)14(9-12)16(18)19/h3-9,18-19H,2,10H2,1H3. The van der Waals surface area contributed by atoms with Crippen LogP contribution in [-0.2, 0) is 13.0 Å². The first-order chi connectivity index (χ1) is 9.60. The molecule has 0 saturated heterocycles. The summed E-state index contributed by atoms with van der Waals surface area (Å²) < 4.78 is 18.9. The molecule has 3 nitrogen and oxygen atoms in total. The van der Waals surface area contributed by atoms with Crippen molar-refractivity contribution in [2.24, 2.45) is 0 Å². The van der Waals surface area contributed by atoms with Gasteiger partial charge in [0.2, 0.25) is 0 Å². The van der Waals surface area contributed by atoms with Gasteiger partial charge in [0.15, 0.2) is 0 Å². The Balaban J connectivity index is 2.08. The Hall–Kier alpha value is -1.85. The monoisotopic (exact) mass is 274 g/mol. The lowest BCUT2D eigenvalue weighted by Gasteiger charge is -2.09. The number of hydrogen-bond donors (Lipinski definition) is 2. The summed E-state index contributed by atoms with van der Waals surface area (Å²) in [5.74, 6) is 0.0940. The summed E-state index contributed by atoms with van der Waals surface area (Å²) in [4.78, 5) is 0. The Bertz CT molecular complexity index is 587. The normalized spacial score (nSPS) is 10.4. The lowest BCUT2D eigenvalue weighted by Crippen LogP contribution is -2.33. The van der Waals surface area contributed by atoms with Crippen LogP contribution in [-0.4, -0.2) is 17.2 Å². The molecule has 2 aromatic rings. The van der Waals surface area contributed by atoms with Gasteiger partial charge < -0.3 is 14.8 Å². The van der Waals surface area contributed by atoms with E-state index in [4.69, 9.17) is 14.8 Å². The zero-order valence-electron chi connectivity index (χ0n) is 11.2. The maximum absolute atomic E-state index is 13.3. The molecule has 0 fully saturated rings. The van der Waals surface area contributed by atoms with Gasteiger partial charge in [0.1, 0.15) is 18.2 Å². The Morgan fingerprint density at radius 3 is 2.60 bits per heavy atom. The van der Waals surface area contributed by atoms with Crippen LogP contribution in [0.2, 0.25) is 0 Å². The molecule has 0 aliphatic carbocycles. The number of aryl methyl sites for hydroxylation is 1. The van der Waals surface area contributed by atoms with Crippen molar-refractivity contribution in [2.45, 2.75) is 20.0 Å². The maximum atomic E-state index is 13.3. The third kappa shape index (κ3) is 3.59. The van der Waals surface area contributed by atoms with Gasteiger partial charge in [-0.2, -0.15) is 0 Å². The molecule has 2 aromatic carbocycles. The SMILES string of the molecule is CCc1cccc(OCc2ccc(F)c(B(O)O)c2)c1. The van der Waals surface area contributed by atoms with Crippen LogP contribution < -0.4 is 10.2 Å². The molecule has 0 aliphatic heterocycles. The zero-order chi connectivity index (χ0) is 14.5. The highest BCUT2D eigenvalue weighted by molar-refractivity contribution is 6.58. The van der Waals surface area contributed by atoms with Crippen LogP contribution in [0.3, 0.4) is 0 Å². The summed E-state index contributed by atoms with van der Waals surface area (Å²) in [6, 6.07) is 11.9. The molecule has 0 saturated carbocycles. The second-order valence-corrected chi connectivity index (χ2v) is 4.52. The molecule has 0 bridgehead atoms. The summed E-state index contributed by atoms with van der Waals surface area (Å²) >= 11 is 0. The van der Waals surface area contributed by atoms with Gasteiger partial charge in [0, 0.05) is 5.46 Å². The van der Waals surface area contributed by atoms with E-state index in [0.717, 1.165) is 12.2 Å². The molecule has 5 heteroatoms. The molecule has 0 amide bonds. The molecule has 2 rings (SSSR count). The van der Waals surface area contributed by atoms with Gasteiger partial charge in [-0.1, -0.05) is 31.2 Å². The first-order valence-corrected chi connectivity index (χ1v) is 6.46. The summed E-state index contributed by atoms with van der Waals surface area (Å²) in [5.41, 5.74) is 1.71. The van der Waals surface area contributed by atoms with E-state index in [-0.39, 0.29) is 12.1 Å². The molecule has 0 unspecified atom stereocenters. The van der Waals surface area contributed by atoms with Crippen LogP contribution in [0.5, 0.6) is 5.75 Å². The fourth-order valence-corrected chi connectivity index (χ4v) is 1.90. The highest BCUT2D eigenvalue weighted by Gasteiger charge is 2.16. The fourth-order valence-electron chi connectivity index (χ4n) is 1.90. The predicted molar refractivity (Wildman–Crippen MR) is 76.4 cm³/mol. The van der Waals surface area contributed by atoms with Gasteiger partial charge in [0.25, 0.3) is 0 Å². The van der Waals surface area contributed by atoms with Crippen LogP contribution in [0.4, 0.5) is 4.39 Å². The van der Waals surface area contributed by atoms with Gasteiger partial charge in [-0.05, 0) is 35.7 Å². The van der Waals surface area contributed by atoms with Gasteiger partial charge in [-0.25, -0.2) is 4.39 Å². The van der Waals surface area contributed by atoms with Crippen molar-refractivity contribution in [1.82, 2.24) is 0 Å². The molecule has 104 valence electrons. The van der Waals surface area contributed by atoms with Gasteiger partial charge in [-0.15, -0.1) is 0 Å². The lowest BCUT2D eigenvalue weighted by molar-refractivity contribution is 0.306. The summed E-state index contributed by atoms with van der Waals surface area (Å²) in [5, 5.41) is 18.1. The van der Waals surface area contributed by atoms with Gasteiger partial charge >= 0.3 is 7.12 Å². The minimum absolute atomic E-state index is 0.145. The summed E-state index contributed by atoms with van der Waals surface area (Å²) in [6.45, 7) is 2.31. The Morgan fingerprint density at radius 2 is 1.90 bits per heavy atom. The van der Waals surface area contributed by atoms with E-state index in [9.17, 15) is 4.39 Å². The third-order valence-electron chi connectivity index (χ3n) is 3.05. The van der Waals surface area contributed by atoms with E-state index in [0.29, 0.717) is 5.56 Å². The second kappa shape index (κ2) is 6.54. The number of halogens is 1. The average molecular weight is 274 g/mol. The van der Waals surface area contributed by atoms with E-state index < -0.39 is 12.9 Å². The summed E-state index contributed by atoms with van der Waals surface area (Å²) in [7, 11) is -1.82. The molecule has 0 spiro atoms. The number of benzene rings is 2. The average Bonchev–Trinajstić information content (AvgIpc) is 2.46. The second-order valence-electron chi connectivity index (χ2n) is 4.52. The smallest absolute Gasteiger partial charge is 0.489 e. The van der Waals surface area contributed by atoms with Gasteiger partial charge in [0.05, 0.1) is 0 Å². The van der Waals surface area contributed by atoms with Crippen LogP contribution in [0, 0.1) is 5.82 Å². The molecule has 0 radical (unpaired) electrons. The number of rotatable bonds is 5. The first kappa shape index (κ1) is 14.6. The van der Waals surface area contributed by atoms with Gasteiger partial charge in [-0.3, -0.25) is 0 Å². The largest absolute Gasteiger partial charge is 0.491 e. The third-order valence-corrected chi connectivity index (χ3v) is 3.05. The molecule has 20 heavy (non-hydrogen) atoms. The van der Waals surface area contributed by atoms with Crippen LogP contribution in [0.25, 0.3) is 0 Å². The molecule has 0 atom stereocenters. The van der Waals surface area contributed by atoms with E-state index in [1.807, 2.05) is 24.3 Å². The van der Waals surface area contributed by atoms with Crippen LogP contribution in [0.1, 0.15) is 18.1 Å². The Labute approximate surface area is 117 Å². The van der Waals surface area contributed by atoms with Crippen molar-refractivity contribution in [2.75, 3.05) is 0 Å². The molecule has 2 N–H and O–H groups in total. The molecule has 0 aliphatic rings. The zero-order valence-corrected chi connectivity index (χ0v) is 11.2. The first-order valence-electron chi connectivity index (χ1n) is 6.46. The maximum Gasteiger partial charge on any atom is 0.491 e. The minimum Gasteiger partial charge on any atom is -0.489 e. The van der Waals surface area contributed by atoms with Crippen LogP contribution in [0.15, 0.2) is 42.5 Å². The van der Waals surface area contributed by atoms with Crippen LogP contribution >= 0.6 is 0 Å². The summed E-state index contributed by atoms with van der Waals surface area (Å²) in [6.07, 6.45) is 0.925. The fraction of sp³-hybridized carbons (Fsp3) is 0.200. The highest BCUT2D eigenvalue weighted by Crippen LogP contribution is 2.15. The molecular formula is C15H16BFO3. The number of ether oxygens (including phenoxy) is 1. The molecular weight excluding hydrogens is 258 g/mol. The van der Waals surface area contributed by atoms with E-state index in [1.54, 1.807) is 6.07 Å². The lowest BCUT2D eigenvalue weighted by atomic mass is 9.79. The van der Waals surface area contributed by atoms with E-state index in [2.05, 4.69) is 6.92 Å². The Kier molecular flexibility index (Phi) is 4.77. The number of hydrogen-bond acceptors (Lipinski definition) is 3. The minimum atomic E-state index is -1.82.